The van der Waals surface area contributed by atoms with Crippen molar-refractivity contribution in [3.05, 3.63) is 35.4 Å². The number of aliphatic imine (C=N–C) groups is 1. The highest BCUT2D eigenvalue weighted by atomic mass is 19.4. The van der Waals surface area contributed by atoms with Gasteiger partial charge in [-0.25, -0.2) is 0 Å². The lowest BCUT2D eigenvalue weighted by Crippen LogP contribution is -2.42. The Hall–Kier alpha value is -2.25. The Morgan fingerprint density at radius 2 is 1.76 bits per heavy atom. The van der Waals surface area contributed by atoms with Crippen LogP contribution in [0.5, 0.6) is 0 Å². The van der Waals surface area contributed by atoms with Gasteiger partial charge in [-0.2, -0.15) is 13.2 Å². The molecule has 0 heterocycles. The van der Waals surface area contributed by atoms with Crippen LogP contribution in [0.25, 0.3) is 0 Å². The van der Waals surface area contributed by atoms with Crippen LogP contribution in [0.3, 0.4) is 0 Å². The van der Waals surface area contributed by atoms with Gasteiger partial charge in [0, 0.05) is 20.6 Å². The molecule has 0 radical (unpaired) electrons. The van der Waals surface area contributed by atoms with Crippen LogP contribution in [0.4, 0.5) is 13.2 Å². The highest BCUT2D eigenvalue weighted by molar-refractivity contribution is 5.84. The van der Waals surface area contributed by atoms with E-state index in [9.17, 15) is 18.0 Å². The van der Waals surface area contributed by atoms with Crippen molar-refractivity contribution in [1.29, 1.82) is 0 Å². The highest BCUT2D eigenvalue weighted by Crippen LogP contribution is 2.29. The maximum Gasteiger partial charge on any atom is 0.416 e. The Bertz CT molecular complexity index is 605. The van der Waals surface area contributed by atoms with Crippen LogP contribution in [0.1, 0.15) is 31.9 Å². The van der Waals surface area contributed by atoms with E-state index in [1.807, 2.05) is 0 Å². The number of hydrogen-bond acceptors (Lipinski definition) is 3. The fourth-order valence-electron chi connectivity index (χ4n) is 2.06. The molecule has 0 aliphatic heterocycles. The van der Waals surface area contributed by atoms with E-state index in [2.05, 4.69) is 10.3 Å². The lowest BCUT2D eigenvalue weighted by Gasteiger charge is -2.23. The molecule has 0 unspecified atom stereocenters. The van der Waals surface area contributed by atoms with Gasteiger partial charge in [-0.05, 0) is 38.5 Å². The van der Waals surface area contributed by atoms with E-state index in [1.165, 1.54) is 12.1 Å². The molecule has 0 saturated carbocycles. The van der Waals surface area contributed by atoms with Gasteiger partial charge in [0.1, 0.15) is 12.1 Å². The van der Waals surface area contributed by atoms with E-state index in [0.29, 0.717) is 18.1 Å². The predicted octanol–water partition coefficient (Wildman–Crippen LogP) is 3.05. The van der Waals surface area contributed by atoms with Crippen LogP contribution in [0.15, 0.2) is 29.3 Å². The van der Waals surface area contributed by atoms with E-state index in [0.717, 1.165) is 12.1 Å². The molecule has 8 heteroatoms. The Labute approximate surface area is 145 Å². The van der Waals surface area contributed by atoms with E-state index >= 15 is 0 Å². The Balaban J connectivity index is 2.62. The average Bonchev–Trinajstić information content (AvgIpc) is 2.45. The zero-order valence-corrected chi connectivity index (χ0v) is 15.1. The number of esters is 1. The SMILES string of the molecule is CN=C(NCC(=O)OC(C)(C)C)N(C)Cc1ccc(C(F)(F)F)cc1. The third-order valence-electron chi connectivity index (χ3n) is 3.09. The molecule has 0 fully saturated rings. The summed E-state index contributed by atoms with van der Waals surface area (Å²) in [6.07, 6.45) is -4.35. The summed E-state index contributed by atoms with van der Waals surface area (Å²) < 4.78 is 42.9. The number of halogens is 3. The van der Waals surface area contributed by atoms with E-state index in [1.54, 1.807) is 39.8 Å². The van der Waals surface area contributed by atoms with Crippen molar-refractivity contribution >= 4 is 11.9 Å². The van der Waals surface area contributed by atoms with Gasteiger partial charge in [-0.1, -0.05) is 12.1 Å². The van der Waals surface area contributed by atoms with Gasteiger partial charge < -0.3 is 15.0 Å². The highest BCUT2D eigenvalue weighted by Gasteiger charge is 2.30. The Morgan fingerprint density at radius 1 is 1.20 bits per heavy atom. The molecular weight excluding hydrogens is 335 g/mol. The minimum absolute atomic E-state index is 0.0543. The summed E-state index contributed by atoms with van der Waals surface area (Å²) in [4.78, 5) is 17.5. The summed E-state index contributed by atoms with van der Waals surface area (Å²) in [6, 6.07) is 4.92. The van der Waals surface area contributed by atoms with Gasteiger partial charge in [0.25, 0.3) is 0 Å². The second kappa shape index (κ2) is 8.22. The van der Waals surface area contributed by atoms with Gasteiger partial charge in [0.15, 0.2) is 5.96 Å². The zero-order chi connectivity index (χ0) is 19.3. The van der Waals surface area contributed by atoms with Gasteiger partial charge >= 0.3 is 12.1 Å². The second-order valence-corrected chi connectivity index (χ2v) is 6.54. The fourth-order valence-corrected chi connectivity index (χ4v) is 2.06. The molecule has 0 saturated heterocycles. The molecule has 25 heavy (non-hydrogen) atoms. The fraction of sp³-hybridized carbons (Fsp3) is 0.529. The van der Waals surface area contributed by atoms with Crippen LogP contribution in [0, 0.1) is 0 Å². The maximum absolute atomic E-state index is 12.6. The number of alkyl halides is 3. The normalized spacial score (nSPS) is 12.7. The van der Waals surface area contributed by atoms with Crippen molar-refractivity contribution in [2.75, 3.05) is 20.6 Å². The molecular formula is C17H24F3N3O2. The van der Waals surface area contributed by atoms with E-state index in [-0.39, 0.29) is 6.54 Å². The molecule has 0 bridgehead atoms. The molecule has 0 aliphatic carbocycles. The number of carbonyl (C=O) groups excluding carboxylic acids is 1. The first kappa shape index (κ1) is 20.8. The summed E-state index contributed by atoms with van der Waals surface area (Å²) in [7, 11) is 3.28. The van der Waals surface area contributed by atoms with Crippen LogP contribution in [0.2, 0.25) is 0 Å². The van der Waals surface area contributed by atoms with Crippen molar-refractivity contribution in [3.63, 3.8) is 0 Å². The molecule has 1 aromatic rings. The summed E-state index contributed by atoms with van der Waals surface area (Å²) in [5, 5.41) is 2.87. The summed E-state index contributed by atoms with van der Waals surface area (Å²) >= 11 is 0. The molecule has 1 N–H and O–H groups in total. The van der Waals surface area contributed by atoms with Crippen LogP contribution in [-0.4, -0.2) is 43.1 Å². The molecule has 1 rings (SSSR count). The average molecular weight is 359 g/mol. The lowest BCUT2D eigenvalue weighted by molar-refractivity contribution is -0.153. The molecule has 0 aromatic heterocycles. The zero-order valence-electron chi connectivity index (χ0n) is 15.1. The first-order valence-corrected chi connectivity index (χ1v) is 7.72. The standard InChI is InChI=1S/C17H24F3N3O2/c1-16(2,3)25-14(24)10-22-15(21-4)23(5)11-12-6-8-13(9-7-12)17(18,19)20/h6-9H,10-11H2,1-5H3,(H,21,22). The summed E-state index contributed by atoms with van der Waals surface area (Å²) in [5.74, 6) is 0.0161. The van der Waals surface area contributed by atoms with E-state index in [4.69, 9.17) is 4.74 Å². The molecule has 1 aromatic carbocycles. The monoisotopic (exact) mass is 359 g/mol. The third kappa shape index (κ3) is 7.45. The predicted molar refractivity (Wildman–Crippen MR) is 90.1 cm³/mol. The van der Waals surface area contributed by atoms with Crippen molar-refractivity contribution < 1.29 is 22.7 Å². The van der Waals surface area contributed by atoms with Crippen LogP contribution in [-0.2, 0) is 22.3 Å². The smallest absolute Gasteiger partial charge is 0.416 e. The number of benzene rings is 1. The van der Waals surface area contributed by atoms with Crippen LogP contribution < -0.4 is 5.32 Å². The topological polar surface area (TPSA) is 53.9 Å². The molecule has 0 amide bonds. The Kier molecular flexibility index (Phi) is 6.84. The molecule has 140 valence electrons. The van der Waals surface area contributed by atoms with Crippen molar-refractivity contribution in [1.82, 2.24) is 10.2 Å². The van der Waals surface area contributed by atoms with Crippen LogP contribution >= 0.6 is 0 Å². The summed E-state index contributed by atoms with van der Waals surface area (Å²) in [5.41, 5.74) is -0.573. The first-order valence-electron chi connectivity index (χ1n) is 7.72. The quantitative estimate of drug-likeness (QED) is 0.510. The molecule has 5 nitrogen and oxygen atoms in total. The number of guanidine groups is 1. The maximum atomic E-state index is 12.6. The van der Waals surface area contributed by atoms with Gasteiger partial charge in [-0.3, -0.25) is 9.79 Å². The van der Waals surface area contributed by atoms with Crippen molar-refractivity contribution in [2.45, 2.75) is 39.1 Å². The van der Waals surface area contributed by atoms with Gasteiger partial charge in [0.05, 0.1) is 5.56 Å². The summed E-state index contributed by atoms with van der Waals surface area (Å²) in [6.45, 7) is 5.61. The first-order chi connectivity index (χ1) is 11.4. The van der Waals surface area contributed by atoms with Gasteiger partial charge in [-0.15, -0.1) is 0 Å². The second-order valence-electron chi connectivity index (χ2n) is 6.54. The van der Waals surface area contributed by atoms with E-state index < -0.39 is 23.3 Å². The molecule has 0 aliphatic rings. The number of rotatable bonds is 4. The third-order valence-corrected chi connectivity index (χ3v) is 3.09. The minimum Gasteiger partial charge on any atom is -0.459 e. The van der Waals surface area contributed by atoms with Crippen molar-refractivity contribution in [3.8, 4) is 0 Å². The number of nitrogens with zero attached hydrogens (tertiary/aromatic N) is 2. The Morgan fingerprint density at radius 3 is 2.20 bits per heavy atom. The molecule has 0 atom stereocenters. The van der Waals surface area contributed by atoms with Crippen molar-refractivity contribution in [2.24, 2.45) is 4.99 Å². The number of hydrogen-bond donors (Lipinski definition) is 1. The number of ether oxygens (including phenoxy) is 1. The largest absolute Gasteiger partial charge is 0.459 e. The molecule has 0 spiro atoms. The lowest BCUT2D eigenvalue weighted by atomic mass is 10.1. The van der Waals surface area contributed by atoms with Gasteiger partial charge in [0.2, 0.25) is 0 Å². The number of carbonyl (C=O) groups is 1. The number of nitrogens with one attached hydrogen (secondary N) is 1. The minimum atomic E-state index is -4.35.